The topological polar surface area (TPSA) is 140 Å². The SMILES string of the molecule is CC(C)(C)C[C@H]1N=C(NC(=O)OC(C)(C)C)N(c2ccc(-c3cnn(C(F)F)c3)cc2[C@@H](COC(=O)NC2CC2)c2ccc(Cl)c(-c3ccns3)c2)C1=O. The molecule has 6 rings (SSSR count). The number of carbonyl (C=O) groups is 3. The summed E-state index contributed by atoms with van der Waals surface area (Å²) in [4.78, 5) is 47.5. The van der Waals surface area contributed by atoms with Crippen molar-refractivity contribution in [2.75, 3.05) is 11.5 Å². The Hall–Kier alpha value is -4.89. The molecule has 3 amide bonds. The lowest BCUT2D eigenvalue weighted by Crippen LogP contribution is -2.46. The average Bonchev–Trinajstić information content (AvgIpc) is 3.42. The molecule has 2 N–H and O–H groups in total. The van der Waals surface area contributed by atoms with Crippen LogP contribution in [0.1, 0.15) is 84.4 Å². The van der Waals surface area contributed by atoms with Gasteiger partial charge in [0.15, 0.2) is 0 Å². The first-order chi connectivity index (χ1) is 25.5. The molecule has 0 spiro atoms. The average molecular weight is 782 g/mol. The Morgan fingerprint density at radius 3 is 2.43 bits per heavy atom. The van der Waals surface area contributed by atoms with E-state index in [9.17, 15) is 23.2 Å². The third kappa shape index (κ3) is 9.42. The maximum atomic E-state index is 14.5. The van der Waals surface area contributed by atoms with Crippen molar-refractivity contribution in [3.8, 4) is 21.6 Å². The van der Waals surface area contributed by atoms with E-state index in [4.69, 9.17) is 26.1 Å². The number of halogens is 3. The van der Waals surface area contributed by atoms with Gasteiger partial charge in [0.1, 0.15) is 18.2 Å². The second-order valence-corrected chi connectivity index (χ2v) is 16.7. The molecule has 1 fully saturated rings. The Balaban J connectivity index is 1.52. The minimum absolute atomic E-state index is 0.0364. The lowest BCUT2D eigenvalue weighted by molar-refractivity contribution is -0.118. The van der Waals surface area contributed by atoms with Crippen molar-refractivity contribution < 1.29 is 32.6 Å². The lowest BCUT2D eigenvalue weighted by atomic mass is 9.86. The van der Waals surface area contributed by atoms with Gasteiger partial charge in [0.2, 0.25) is 5.96 Å². The number of guanidine groups is 1. The standard InChI is InChI=1S/C38H42ClF2N7O5S/c1-37(2,3)17-29-32(49)48(34(45-29)46-36(51)53-38(4,5)6)30-12-8-21(23-18-42-47(19-23)33(40)41)15-25(30)27(20-52-35(50)44-24-9-10-24)22-7-11-28(39)26(16-22)31-13-14-43-54-31/h7-8,11-16,18-19,24,27,29,33H,9-10,17,20H2,1-6H3,(H,44,50)(H,45,46,51)/t27-,29+/m0/s1. The highest BCUT2D eigenvalue weighted by atomic mass is 35.5. The number of carbonyl (C=O) groups excluding carboxylic acids is 3. The molecule has 1 aliphatic heterocycles. The van der Waals surface area contributed by atoms with Crippen molar-refractivity contribution in [1.29, 1.82) is 0 Å². The molecule has 3 heterocycles. The summed E-state index contributed by atoms with van der Waals surface area (Å²) in [6.07, 6.45) is 4.87. The molecule has 0 unspecified atom stereocenters. The van der Waals surface area contributed by atoms with Crippen LogP contribution in [0, 0.1) is 5.41 Å². The zero-order valence-electron chi connectivity index (χ0n) is 30.7. The number of hydrogen-bond acceptors (Lipinski definition) is 9. The quantitative estimate of drug-likeness (QED) is 0.164. The minimum atomic E-state index is -2.86. The van der Waals surface area contributed by atoms with Gasteiger partial charge >= 0.3 is 18.7 Å². The highest BCUT2D eigenvalue weighted by molar-refractivity contribution is 7.09. The van der Waals surface area contributed by atoms with Crippen molar-refractivity contribution in [3.05, 3.63) is 77.2 Å². The third-order valence-corrected chi connectivity index (χ3v) is 9.68. The first-order valence-electron chi connectivity index (χ1n) is 17.5. The molecule has 12 nitrogen and oxygen atoms in total. The summed E-state index contributed by atoms with van der Waals surface area (Å²) in [5.74, 6) is -1.20. The predicted octanol–water partition coefficient (Wildman–Crippen LogP) is 8.77. The Morgan fingerprint density at radius 1 is 1.04 bits per heavy atom. The molecule has 0 saturated heterocycles. The number of rotatable bonds is 10. The van der Waals surface area contributed by atoms with E-state index in [0.29, 0.717) is 49.6 Å². The number of hydrogen-bond donors (Lipinski definition) is 2. The second kappa shape index (κ2) is 15.5. The Bertz CT molecular complexity index is 2050. The monoisotopic (exact) mass is 781 g/mol. The molecular weight excluding hydrogens is 740 g/mol. The molecule has 2 aliphatic rings. The summed E-state index contributed by atoms with van der Waals surface area (Å²) in [6, 6.07) is 11.5. The van der Waals surface area contributed by atoms with Crippen LogP contribution in [-0.4, -0.2) is 62.5 Å². The largest absolute Gasteiger partial charge is 0.449 e. The predicted molar refractivity (Wildman–Crippen MR) is 203 cm³/mol. The summed E-state index contributed by atoms with van der Waals surface area (Å²) in [6.45, 7) is 8.08. The highest BCUT2D eigenvalue weighted by Gasteiger charge is 2.41. The lowest BCUT2D eigenvalue weighted by Gasteiger charge is -2.28. The maximum absolute atomic E-state index is 14.5. The van der Waals surface area contributed by atoms with Crippen molar-refractivity contribution in [2.24, 2.45) is 10.4 Å². The van der Waals surface area contributed by atoms with Crippen molar-refractivity contribution in [1.82, 2.24) is 24.8 Å². The van der Waals surface area contributed by atoms with Crippen molar-refractivity contribution in [2.45, 2.75) is 91.0 Å². The molecule has 1 saturated carbocycles. The van der Waals surface area contributed by atoms with Crippen LogP contribution in [0.15, 0.2) is 66.0 Å². The second-order valence-electron chi connectivity index (χ2n) is 15.5. The number of alkyl carbamates (subject to hydrolysis) is 2. The fraction of sp³-hybridized carbons (Fsp3) is 0.421. The molecule has 0 radical (unpaired) electrons. The molecule has 54 heavy (non-hydrogen) atoms. The highest BCUT2D eigenvalue weighted by Crippen LogP contribution is 2.41. The molecule has 4 aromatic rings. The molecule has 1 aliphatic carbocycles. The number of amides is 3. The summed E-state index contributed by atoms with van der Waals surface area (Å²) >= 11 is 7.95. The molecule has 2 atom stereocenters. The van der Waals surface area contributed by atoms with Crippen LogP contribution in [0.25, 0.3) is 21.6 Å². The van der Waals surface area contributed by atoms with Gasteiger partial charge in [-0.2, -0.15) is 13.9 Å². The van der Waals surface area contributed by atoms with E-state index < -0.39 is 42.2 Å². The van der Waals surface area contributed by atoms with Gasteiger partial charge < -0.3 is 14.8 Å². The summed E-state index contributed by atoms with van der Waals surface area (Å²) in [7, 11) is 0. The first-order valence-corrected chi connectivity index (χ1v) is 18.6. The van der Waals surface area contributed by atoms with Gasteiger partial charge in [0.25, 0.3) is 5.91 Å². The summed E-state index contributed by atoms with van der Waals surface area (Å²) in [5, 5.41) is 9.82. The van der Waals surface area contributed by atoms with Crippen molar-refractivity contribution in [3.63, 3.8) is 0 Å². The van der Waals surface area contributed by atoms with Gasteiger partial charge in [-0.3, -0.25) is 10.1 Å². The smallest absolute Gasteiger partial charge is 0.414 e. The molecule has 286 valence electrons. The van der Waals surface area contributed by atoms with Crippen LogP contribution in [0.3, 0.4) is 0 Å². The van der Waals surface area contributed by atoms with E-state index in [1.807, 2.05) is 32.9 Å². The van der Waals surface area contributed by atoms with E-state index >= 15 is 0 Å². The van der Waals surface area contributed by atoms with Crippen LogP contribution >= 0.6 is 23.1 Å². The van der Waals surface area contributed by atoms with Gasteiger partial charge in [-0.25, -0.2) is 28.5 Å². The van der Waals surface area contributed by atoms with E-state index in [0.717, 1.165) is 17.7 Å². The summed E-state index contributed by atoms with van der Waals surface area (Å²) < 4.78 is 43.4. The van der Waals surface area contributed by atoms with Crippen LogP contribution < -0.4 is 15.5 Å². The third-order valence-electron chi connectivity index (χ3n) is 8.57. The molecule has 2 aromatic carbocycles. The molecule has 0 bridgehead atoms. The number of nitrogens with zero attached hydrogens (tertiary/aromatic N) is 5. The van der Waals surface area contributed by atoms with Crippen molar-refractivity contribution >= 4 is 52.9 Å². The van der Waals surface area contributed by atoms with Crippen LogP contribution in [0.4, 0.5) is 24.1 Å². The minimum Gasteiger partial charge on any atom is -0.449 e. The molecular formula is C38H42ClF2N7O5S. The number of aromatic nitrogens is 3. The molecule has 2 aromatic heterocycles. The van der Waals surface area contributed by atoms with E-state index in [-0.39, 0.29) is 24.0 Å². The normalized spacial score (nSPS) is 16.7. The maximum Gasteiger partial charge on any atom is 0.414 e. The zero-order valence-corrected chi connectivity index (χ0v) is 32.3. The van der Waals surface area contributed by atoms with E-state index in [1.165, 1.54) is 28.8 Å². The number of benzene rings is 2. The number of ether oxygens (including phenoxy) is 2. The van der Waals surface area contributed by atoms with Gasteiger partial charge in [-0.05, 0) is 104 Å². The first kappa shape index (κ1) is 38.8. The van der Waals surface area contributed by atoms with Gasteiger partial charge in [-0.1, -0.05) is 44.5 Å². The Kier molecular flexibility index (Phi) is 11.1. The Morgan fingerprint density at radius 2 is 1.80 bits per heavy atom. The fourth-order valence-corrected chi connectivity index (χ4v) is 6.92. The number of alkyl halides is 2. The van der Waals surface area contributed by atoms with Crippen LogP contribution in [0.2, 0.25) is 5.02 Å². The fourth-order valence-electron chi connectivity index (χ4n) is 6.02. The van der Waals surface area contributed by atoms with Crippen LogP contribution in [-0.2, 0) is 14.3 Å². The zero-order chi connectivity index (χ0) is 38.9. The number of anilines is 1. The van der Waals surface area contributed by atoms with Gasteiger partial charge in [-0.15, -0.1) is 0 Å². The van der Waals surface area contributed by atoms with E-state index in [1.54, 1.807) is 57.3 Å². The Labute approximate surface area is 321 Å². The number of nitrogens with one attached hydrogen (secondary N) is 2. The van der Waals surface area contributed by atoms with Crippen LogP contribution in [0.5, 0.6) is 0 Å². The summed E-state index contributed by atoms with van der Waals surface area (Å²) in [5.41, 5.74) is 1.88. The van der Waals surface area contributed by atoms with E-state index in [2.05, 4.69) is 20.1 Å². The van der Waals surface area contributed by atoms with Gasteiger partial charge in [0, 0.05) is 40.5 Å². The molecule has 16 heteroatoms. The van der Waals surface area contributed by atoms with Gasteiger partial charge in [0.05, 0.1) is 16.8 Å². The number of aliphatic imine (C=N–C) groups is 1.